The Morgan fingerprint density at radius 3 is 2.64 bits per heavy atom. The lowest BCUT2D eigenvalue weighted by Crippen LogP contribution is -2.65. The van der Waals surface area contributed by atoms with Gasteiger partial charge in [-0.25, -0.2) is 4.39 Å². The molecule has 1 unspecified atom stereocenters. The van der Waals surface area contributed by atoms with E-state index in [0.29, 0.717) is 24.7 Å². The second-order valence-corrected chi connectivity index (χ2v) is 8.13. The molecule has 1 saturated carbocycles. The Bertz CT molecular complexity index is 747. The van der Waals surface area contributed by atoms with Crippen LogP contribution in [0.25, 0.3) is 0 Å². The van der Waals surface area contributed by atoms with Crippen LogP contribution in [0, 0.1) is 6.92 Å². The van der Waals surface area contributed by atoms with Gasteiger partial charge in [0.25, 0.3) is 5.91 Å². The third-order valence-corrected chi connectivity index (χ3v) is 6.28. The van der Waals surface area contributed by atoms with E-state index in [9.17, 15) is 14.0 Å². The van der Waals surface area contributed by atoms with Crippen LogP contribution in [0.4, 0.5) is 4.39 Å². The minimum atomic E-state index is -1.17. The van der Waals surface area contributed by atoms with E-state index in [-0.39, 0.29) is 36.9 Å². The quantitative estimate of drug-likeness (QED) is 0.780. The molecule has 0 aromatic carbocycles. The van der Waals surface area contributed by atoms with Gasteiger partial charge in [0.1, 0.15) is 18.0 Å². The third kappa shape index (κ3) is 3.43. The Hall–Kier alpha value is -1.93. The normalized spacial score (nSPS) is 29.2. The first-order chi connectivity index (χ1) is 13.4. The summed E-state index contributed by atoms with van der Waals surface area (Å²) in [5.41, 5.74) is -0.295. The van der Waals surface area contributed by atoms with Crippen LogP contribution in [-0.2, 0) is 14.3 Å². The van der Waals surface area contributed by atoms with Crippen molar-refractivity contribution in [1.29, 1.82) is 0 Å². The van der Waals surface area contributed by atoms with Crippen molar-refractivity contribution in [2.45, 2.75) is 56.5 Å². The lowest BCUT2D eigenvalue weighted by molar-refractivity contribution is -0.147. The number of morpholine rings is 1. The number of halogens is 1. The number of ether oxygens (including phenoxy) is 2. The van der Waals surface area contributed by atoms with E-state index >= 15 is 0 Å². The molecule has 4 rings (SSSR count). The highest BCUT2D eigenvalue weighted by molar-refractivity contribution is 5.92. The number of alkyl halides is 1. The number of methoxy groups -OCH3 is 1. The van der Waals surface area contributed by atoms with Gasteiger partial charge < -0.3 is 23.7 Å². The van der Waals surface area contributed by atoms with Crippen LogP contribution in [0.1, 0.15) is 42.0 Å². The molecule has 1 spiro atoms. The van der Waals surface area contributed by atoms with Crippen LogP contribution in [0.3, 0.4) is 0 Å². The highest BCUT2D eigenvalue weighted by atomic mass is 19.1. The van der Waals surface area contributed by atoms with Gasteiger partial charge in [0.15, 0.2) is 5.76 Å². The summed E-state index contributed by atoms with van der Waals surface area (Å²) in [6.07, 6.45) is 0.820. The molecule has 0 N–H and O–H groups in total. The smallest absolute Gasteiger partial charge is 0.290 e. The van der Waals surface area contributed by atoms with Gasteiger partial charge in [0.2, 0.25) is 5.91 Å². The van der Waals surface area contributed by atoms with Crippen LogP contribution >= 0.6 is 0 Å². The number of furan rings is 1. The molecule has 1 aromatic heterocycles. The number of aryl methyl sites for hydroxylation is 1. The van der Waals surface area contributed by atoms with Gasteiger partial charge >= 0.3 is 0 Å². The zero-order chi connectivity index (χ0) is 19.9. The molecule has 1 aromatic rings. The predicted molar refractivity (Wildman–Crippen MR) is 97.7 cm³/mol. The zero-order valence-corrected chi connectivity index (χ0v) is 16.4. The van der Waals surface area contributed by atoms with Crippen LogP contribution in [-0.4, -0.2) is 78.9 Å². The summed E-state index contributed by atoms with van der Waals surface area (Å²) in [7, 11) is 1.45. The predicted octanol–water partition coefficient (Wildman–Crippen LogP) is 1.94. The summed E-state index contributed by atoms with van der Waals surface area (Å²) in [6, 6.07) is 3.46. The number of rotatable bonds is 4. The van der Waals surface area contributed by atoms with Crippen molar-refractivity contribution in [3.05, 3.63) is 23.7 Å². The average molecular weight is 394 g/mol. The SMILES string of the molecule is CO[C@@H]1CN(C(=O)CC2CN(C(=O)c3ccc(C)o3)C3(CCC3)CO2)C[C@H]1F. The van der Waals surface area contributed by atoms with Crippen molar-refractivity contribution in [3.63, 3.8) is 0 Å². The zero-order valence-electron chi connectivity index (χ0n) is 16.4. The molecule has 2 aliphatic heterocycles. The molecule has 8 heteroatoms. The third-order valence-electron chi connectivity index (χ3n) is 6.28. The molecule has 2 saturated heterocycles. The molecular weight excluding hydrogens is 367 g/mol. The van der Waals surface area contributed by atoms with E-state index in [0.717, 1.165) is 19.3 Å². The summed E-state index contributed by atoms with van der Waals surface area (Å²) in [6.45, 7) is 2.86. The van der Waals surface area contributed by atoms with E-state index in [1.807, 2.05) is 4.90 Å². The maximum absolute atomic E-state index is 13.9. The molecule has 7 nitrogen and oxygen atoms in total. The fourth-order valence-corrected chi connectivity index (χ4v) is 4.39. The highest BCUT2D eigenvalue weighted by Gasteiger charge is 2.50. The van der Waals surface area contributed by atoms with E-state index in [4.69, 9.17) is 13.9 Å². The molecule has 154 valence electrons. The molecule has 3 aliphatic rings. The van der Waals surface area contributed by atoms with Gasteiger partial charge in [-0.15, -0.1) is 0 Å². The molecule has 0 bridgehead atoms. The van der Waals surface area contributed by atoms with Crippen LogP contribution in [0.2, 0.25) is 0 Å². The lowest BCUT2D eigenvalue weighted by Gasteiger charge is -2.54. The van der Waals surface area contributed by atoms with Crippen molar-refractivity contribution in [2.75, 3.05) is 33.4 Å². The number of carbonyl (C=O) groups excluding carboxylic acids is 2. The van der Waals surface area contributed by atoms with E-state index in [2.05, 4.69) is 0 Å². The molecule has 28 heavy (non-hydrogen) atoms. The van der Waals surface area contributed by atoms with Gasteiger partial charge in [-0.05, 0) is 38.3 Å². The topological polar surface area (TPSA) is 72.2 Å². The largest absolute Gasteiger partial charge is 0.456 e. The highest BCUT2D eigenvalue weighted by Crippen LogP contribution is 2.42. The first-order valence-corrected chi connectivity index (χ1v) is 9.86. The minimum Gasteiger partial charge on any atom is -0.456 e. The Balaban J connectivity index is 1.42. The molecule has 3 fully saturated rings. The lowest BCUT2D eigenvalue weighted by atomic mass is 9.74. The monoisotopic (exact) mass is 394 g/mol. The van der Waals surface area contributed by atoms with Crippen LogP contribution in [0.15, 0.2) is 16.5 Å². The number of carbonyl (C=O) groups is 2. The number of hydrogen-bond acceptors (Lipinski definition) is 5. The van der Waals surface area contributed by atoms with Gasteiger partial charge in [-0.2, -0.15) is 0 Å². The Kier molecular flexibility index (Phi) is 5.18. The van der Waals surface area contributed by atoms with Gasteiger partial charge in [-0.1, -0.05) is 0 Å². The number of hydrogen-bond donors (Lipinski definition) is 0. The minimum absolute atomic E-state index is 0.0440. The van der Waals surface area contributed by atoms with Crippen molar-refractivity contribution >= 4 is 11.8 Å². The summed E-state index contributed by atoms with van der Waals surface area (Å²) in [5, 5.41) is 0. The molecule has 1 aliphatic carbocycles. The van der Waals surface area contributed by atoms with Crippen molar-refractivity contribution in [2.24, 2.45) is 0 Å². The van der Waals surface area contributed by atoms with E-state index in [1.165, 1.54) is 12.0 Å². The van der Waals surface area contributed by atoms with Crippen molar-refractivity contribution in [1.82, 2.24) is 9.80 Å². The van der Waals surface area contributed by atoms with Crippen molar-refractivity contribution < 1.29 is 27.9 Å². The number of likely N-dealkylation sites (tertiary alicyclic amines) is 1. The second-order valence-electron chi connectivity index (χ2n) is 8.13. The molecule has 0 radical (unpaired) electrons. The summed E-state index contributed by atoms with van der Waals surface area (Å²) >= 11 is 0. The summed E-state index contributed by atoms with van der Waals surface area (Å²) in [4.78, 5) is 29.0. The standard InChI is InChI=1S/C20H27FN2O5/c1-13-4-5-16(28-13)19(25)23-9-14(27-12-20(23)6-3-7-20)8-18(24)22-10-15(21)17(11-22)26-2/h4-5,14-15,17H,3,6-12H2,1-2H3/t14?,15-,17-/m1/s1. The molecule has 3 atom stereocenters. The molecule has 2 amide bonds. The molecule has 3 heterocycles. The summed E-state index contributed by atoms with van der Waals surface area (Å²) in [5.74, 6) is 0.683. The van der Waals surface area contributed by atoms with Gasteiger partial charge in [0, 0.05) is 20.2 Å². The van der Waals surface area contributed by atoms with Gasteiger partial charge in [-0.3, -0.25) is 9.59 Å². The first kappa shape index (κ1) is 19.4. The second kappa shape index (κ2) is 7.48. The maximum Gasteiger partial charge on any atom is 0.290 e. The fraction of sp³-hybridized carbons (Fsp3) is 0.700. The van der Waals surface area contributed by atoms with Gasteiger partial charge in [0.05, 0.1) is 31.2 Å². The fourth-order valence-electron chi connectivity index (χ4n) is 4.39. The Labute approximate surface area is 163 Å². The first-order valence-electron chi connectivity index (χ1n) is 9.86. The number of nitrogens with zero attached hydrogens (tertiary/aromatic N) is 2. The van der Waals surface area contributed by atoms with Crippen LogP contribution in [0.5, 0.6) is 0 Å². The Morgan fingerprint density at radius 1 is 1.29 bits per heavy atom. The Morgan fingerprint density at radius 2 is 2.07 bits per heavy atom. The van der Waals surface area contributed by atoms with Crippen LogP contribution < -0.4 is 0 Å². The van der Waals surface area contributed by atoms with E-state index < -0.39 is 18.4 Å². The molecular formula is C20H27FN2O5. The maximum atomic E-state index is 13.9. The average Bonchev–Trinajstić information content (AvgIpc) is 3.25. The van der Waals surface area contributed by atoms with Crippen molar-refractivity contribution in [3.8, 4) is 0 Å². The summed E-state index contributed by atoms with van der Waals surface area (Å²) < 4.78 is 30.5. The van der Waals surface area contributed by atoms with E-state index in [1.54, 1.807) is 19.1 Å². The number of amides is 2.